The molecule has 0 atom stereocenters. The molecule has 4 rings (SSSR count). The summed E-state index contributed by atoms with van der Waals surface area (Å²) in [6.07, 6.45) is 3.31. The number of ether oxygens (including phenoxy) is 1. The Balaban J connectivity index is 1.53. The molecule has 1 aliphatic heterocycles. The van der Waals surface area contributed by atoms with Gasteiger partial charge in [-0.05, 0) is 60.7 Å². The Morgan fingerprint density at radius 1 is 1.03 bits per heavy atom. The molecule has 2 N–H and O–H groups in total. The molecule has 1 fully saturated rings. The topological polar surface area (TPSA) is 91.0 Å². The lowest BCUT2D eigenvalue weighted by atomic mass is 10.1. The summed E-state index contributed by atoms with van der Waals surface area (Å²) in [5.41, 5.74) is 4.94. The molecule has 0 bridgehead atoms. The van der Waals surface area contributed by atoms with Crippen molar-refractivity contribution in [3.8, 4) is 0 Å². The van der Waals surface area contributed by atoms with Crippen molar-refractivity contribution in [2.24, 2.45) is 0 Å². The van der Waals surface area contributed by atoms with Gasteiger partial charge in [0.25, 0.3) is 0 Å². The first kappa shape index (κ1) is 24.5. The minimum atomic E-state index is -3.61. The van der Waals surface area contributed by atoms with Gasteiger partial charge in [-0.15, -0.1) is 0 Å². The van der Waals surface area contributed by atoms with Crippen molar-refractivity contribution in [1.82, 2.24) is 4.31 Å². The van der Waals surface area contributed by atoms with Crippen molar-refractivity contribution in [2.45, 2.75) is 38.0 Å². The van der Waals surface area contributed by atoms with Gasteiger partial charge in [0.1, 0.15) is 0 Å². The predicted molar refractivity (Wildman–Crippen MR) is 135 cm³/mol. The van der Waals surface area contributed by atoms with E-state index in [1.165, 1.54) is 15.4 Å². The van der Waals surface area contributed by atoms with Crippen LogP contribution in [0.2, 0.25) is 0 Å². The summed E-state index contributed by atoms with van der Waals surface area (Å²) in [6, 6.07) is 11.2. The van der Waals surface area contributed by atoms with Crippen molar-refractivity contribution < 1.29 is 17.9 Å². The number of hydrogen-bond donors (Lipinski definition) is 2. The van der Waals surface area contributed by atoms with Crippen LogP contribution in [0.5, 0.6) is 0 Å². The van der Waals surface area contributed by atoms with E-state index in [4.69, 9.17) is 4.74 Å². The van der Waals surface area contributed by atoms with E-state index in [2.05, 4.69) is 27.7 Å². The first-order chi connectivity index (χ1) is 16.4. The Bertz CT molecular complexity index is 1130. The van der Waals surface area contributed by atoms with E-state index in [-0.39, 0.29) is 17.3 Å². The second-order valence-corrected chi connectivity index (χ2v) is 10.5. The molecule has 0 saturated carbocycles. The number of hydrogen-bond acceptors (Lipinski definition) is 6. The fourth-order valence-electron chi connectivity index (χ4n) is 4.64. The maximum Gasteiger partial charge on any atom is 0.243 e. The maximum atomic E-state index is 13.1. The first-order valence-electron chi connectivity index (χ1n) is 12.0. The van der Waals surface area contributed by atoms with E-state index in [1.807, 2.05) is 26.0 Å². The number of amides is 1. The van der Waals surface area contributed by atoms with Crippen LogP contribution in [0.25, 0.3) is 0 Å². The number of anilines is 3. The lowest BCUT2D eigenvalue weighted by Crippen LogP contribution is -2.37. The van der Waals surface area contributed by atoms with Gasteiger partial charge in [0.2, 0.25) is 15.9 Å². The minimum absolute atomic E-state index is 0.0309. The lowest BCUT2D eigenvalue weighted by Gasteiger charge is -2.31. The Morgan fingerprint density at radius 2 is 1.76 bits per heavy atom. The highest BCUT2D eigenvalue weighted by molar-refractivity contribution is 7.89. The van der Waals surface area contributed by atoms with Gasteiger partial charge in [-0.2, -0.15) is 4.31 Å². The summed E-state index contributed by atoms with van der Waals surface area (Å²) < 4.78 is 33.1. The first-order valence-corrected chi connectivity index (χ1v) is 13.5. The lowest BCUT2D eigenvalue weighted by molar-refractivity contribution is -0.114. The molecule has 34 heavy (non-hydrogen) atoms. The second kappa shape index (κ2) is 10.8. The number of carbonyl (C=O) groups is 1. The fraction of sp³-hybridized carbons (Fsp3) is 0.480. The molecule has 184 valence electrons. The van der Waals surface area contributed by atoms with Crippen LogP contribution in [0.15, 0.2) is 41.3 Å². The zero-order chi connectivity index (χ0) is 24.1. The molecule has 0 unspecified atom stereocenters. The van der Waals surface area contributed by atoms with Crippen LogP contribution in [0.1, 0.15) is 31.4 Å². The molecule has 1 heterocycles. The third kappa shape index (κ3) is 5.37. The van der Waals surface area contributed by atoms with E-state index in [0.29, 0.717) is 45.1 Å². The molecule has 0 aromatic heterocycles. The number of rotatable bonds is 9. The van der Waals surface area contributed by atoms with Crippen molar-refractivity contribution in [1.29, 1.82) is 0 Å². The molecule has 9 heteroatoms. The molecular weight excluding hydrogens is 452 g/mol. The Morgan fingerprint density at radius 3 is 2.50 bits per heavy atom. The van der Waals surface area contributed by atoms with Crippen LogP contribution >= 0.6 is 0 Å². The van der Waals surface area contributed by atoms with E-state index in [0.717, 1.165) is 30.6 Å². The molecule has 2 aromatic rings. The summed E-state index contributed by atoms with van der Waals surface area (Å²) >= 11 is 0. The van der Waals surface area contributed by atoms with E-state index < -0.39 is 10.0 Å². The Hall–Kier alpha value is -2.62. The number of morpholine rings is 1. The molecule has 0 spiro atoms. The quantitative estimate of drug-likeness (QED) is 0.566. The minimum Gasteiger partial charge on any atom is -0.378 e. The second-order valence-electron chi connectivity index (χ2n) is 8.61. The van der Waals surface area contributed by atoms with Gasteiger partial charge in [-0.25, -0.2) is 8.42 Å². The zero-order valence-electron chi connectivity index (χ0n) is 20.0. The van der Waals surface area contributed by atoms with Crippen molar-refractivity contribution in [3.05, 3.63) is 47.5 Å². The average molecular weight is 487 g/mol. The third-order valence-corrected chi connectivity index (χ3v) is 8.53. The van der Waals surface area contributed by atoms with E-state index in [1.54, 1.807) is 12.1 Å². The summed E-state index contributed by atoms with van der Waals surface area (Å²) in [6.45, 7) is 7.11. The normalized spacial score (nSPS) is 15.9. The summed E-state index contributed by atoms with van der Waals surface area (Å²) in [4.78, 5) is 15.1. The van der Waals surface area contributed by atoms with Crippen LogP contribution in [-0.4, -0.2) is 64.6 Å². The van der Waals surface area contributed by atoms with Crippen LogP contribution in [0.3, 0.4) is 0 Å². The van der Waals surface area contributed by atoms with Crippen LogP contribution in [-0.2, 0) is 32.4 Å². The largest absolute Gasteiger partial charge is 0.378 e. The molecule has 8 nitrogen and oxygen atoms in total. The van der Waals surface area contributed by atoms with E-state index in [9.17, 15) is 13.2 Å². The Labute approximate surface area is 202 Å². The number of carbonyl (C=O) groups excluding carboxylic acids is 1. The summed E-state index contributed by atoms with van der Waals surface area (Å²) in [7, 11) is -3.61. The van der Waals surface area contributed by atoms with Crippen molar-refractivity contribution in [3.63, 3.8) is 0 Å². The number of aryl methyl sites for hydroxylation is 2. The number of benzene rings is 2. The summed E-state index contributed by atoms with van der Waals surface area (Å²) in [5.74, 6) is -0.178. The van der Waals surface area contributed by atoms with Gasteiger partial charge in [0, 0.05) is 31.9 Å². The van der Waals surface area contributed by atoms with Gasteiger partial charge < -0.3 is 20.3 Å². The molecule has 2 aliphatic rings. The van der Waals surface area contributed by atoms with Gasteiger partial charge in [-0.3, -0.25) is 4.79 Å². The average Bonchev–Trinajstić information content (AvgIpc) is 3.31. The molecule has 1 amide bonds. The van der Waals surface area contributed by atoms with Crippen molar-refractivity contribution >= 4 is 33.0 Å². The van der Waals surface area contributed by atoms with Gasteiger partial charge >= 0.3 is 0 Å². The van der Waals surface area contributed by atoms with E-state index >= 15 is 0 Å². The number of nitrogens with zero attached hydrogens (tertiary/aromatic N) is 2. The molecule has 1 saturated heterocycles. The van der Waals surface area contributed by atoms with Crippen LogP contribution in [0, 0.1) is 0 Å². The summed E-state index contributed by atoms with van der Waals surface area (Å²) in [5, 5.41) is 6.15. The van der Waals surface area contributed by atoms with Gasteiger partial charge in [0.05, 0.1) is 36.0 Å². The maximum absolute atomic E-state index is 13.1. The molecule has 2 aromatic carbocycles. The van der Waals surface area contributed by atoms with Gasteiger partial charge in [0.15, 0.2) is 0 Å². The van der Waals surface area contributed by atoms with Crippen LogP contribution in [0.4, 0.5) is 17.1 Å². The molecule has 0 radical (unpaired) electrons. The molecule has 1 aliphatic carbocycles. The monoisotopic (exact) mass is 486 g/mol. The zero-order valence-corrected chi connectivity index (χ0v) is 20.8. The smallest absolute Gasteiger partial charge is 0.243 e. The molecular formula is C25H34N4O4S. The fourth-order valence-corrected chi connectivity index (χ4v) is 6.12. The number of nitrogens with one attached hydrogen (secondary N) is 2. The van der Waals surface area contributed by atoms with Crippen LogP contribution < -0.4 is 15.5 Å². The SMILES string of the molecule is CCN(CC)S(=O)(=O)c1ccc(N2CCOCC2)c(NCC(=O)Nc2ccc3c(c2)CCC3)c1. The van der Waals surface area contributed by atoms with Gasteiger partial charge in [-0.1, -0.05) is 19.9 Å². The highest BCUT2D eigenvalue weighted by atomic mass is 32.2. The Kier molecular flexibility index (Phi) is 7.75. The number of sulfonamides is 1. The highest BCUT2D eigenvalue weighted by Crippen LogP contribution is 2.31. The standard InChI is InChI=1S/C25H34N4O4S/c1-3-29(4-2)34(31,32)22-10-11-24(28-12-14-33-15-13-28)23(17-22)26-18-25(30)27-21-9-8-19-6-5-7-20(19)16-21/h8-11,16-17,26H,3-7,12-15,18H2,1-2H3,(H,27,30). The number of fused-ring (bicyclic) bond motifs is 1. The third-order valence-electron chi connectivity index (χ3n) is 6.48. The highest BCUT2D eigenvalue weighted by Gasteiger charge is 2.24. The predicted octanol–water partition coefficient (Wildman–Crippen LogP) is 3.09. The van der Waals surface area contributed by atoms with Crippen molar-refractivity contribution in [2.75, 3.05) is 61.5 Å².